The third-order valence-corrected chi connectivity index (χ3v) is 5.50. The molecule has 1 aromatic carbocycles. The quantitative estimate of drug-likeness (QED) is 0.621. The van der Waals surface area contributed by atoms with Crippen LogP contribution in [0.2, 0.25) is 0 Å². The van der Waals surface area contributed by atoms with E-state index in [2.05, 4.69) is 19.0 Å². The predicted octanol–water partition coefficient (Wildman–Crippen LogP) is 3.54. The third kappa shape index (κ3) is 5.57. The summed E-state index contributed by atoms with van der Waals surface area (Å²) in [6.07, 6.45) is 1.11. The fourth-order valence-corrected chi connectivity index (χ4v) is 3.94. The summed E-state index contributed by atoms with van der Waals surface area (Å²) in [5.74, 6) is 1.72. The minimum Gasteiger partial charge on any atom is -0.493 e. The van der Waals surface area contributed by atoms with Gasteiger partial charge in [0.2, 0.25) is 0 Å². The number of hydrogen-bond acceptors (Lipinski definition) is 7. The van der Waals surface area contributed by atoms with Crippen LogP contribution in [0.25, 0.3) is 0 Å². The van der Waals surface area contributed by atoms with Crippen molar-refractivity contribution in [3.8, 4) is 11.5 Å². The molecule has 0 aliphatic carbocycles. The Labute approximate surface area is 182 Å². The largest absolute Gasteiger partial charge is 0.493 e. The minimum absolute atomic E-state index is 0.168. The van der Waals surface area contributed by atoms with E-state index in [1.807, 2.05) is 13.8 Å². The number of methoxy groups -OCH3 is 1. The number of nitrogens with zero attached hydrogens (tertiary/aromatic N) is 2. The number of amides is 1. The second kappa shape index (κ2) is 9.85. The molecule has 168 valence electrons. The molecule has 2 heterocycles. The number of likely N-dealkylation sites (tertiary alicyclic amines) is 1. The molecule has 8 heteroatoms. The number of benzene rings is 1. The fourth-order valence-electron chi connectivity index (χ4n) is 3.94. The molecule has 0 N–H and O–H groups in total. The maximum absolute atomic E-state index is 12.5. The first-order valence-corrected chi connectivity index (χ1v) is 10.5. The van der Waals surface area contributed by atoms with Crippen LogP contribution in [-0.2, 0) is 16.1 Å². The van der Waals surface area contributed by atoms with Gasteiger partial charge in [0.05, 0.1) is 23.9 Å². The van der Waals surface area contributed by atoms with E-state index < -0.39 is 5.97 Å². The molecule has 0 saturated carbocycles. The number of piperidine rings is 1. The Morgan fingerprint density at radius 3 is 2.48 bits per heavy atom. The molecule has 2 unspecified atom stereocenters. The molecule has 1 aromatic heterocycles. The number of carbonyl (C=O) groups is 2. The number of aromatic nitrogens is 1. The van der Waals surface area contributed by atoms with Gasteiger partial charge in [-0.25, -0.2) is 4.79 Å². The highest BCUT2D eigenvalue weighted by molar-refractivity contribution is 5.92. The molecule has 1 amide bonds. The molecule has 0 spiro atoms. The maximum atomic E-state index is 12.5. The van der Waals surface area contributed by atoms with Crippen molar-refractivity contribution in [1.29, 1.82) is 0 Å². The Kier molecular flexibility index (Phi) is 7.20. The Bertz CT molecular complexity index is 909. The SMILES string of the molecule is COc1cc(C(=O)OCC(=O)N2CC(C)CC(C)C2)ccc1OCc1c(C)noc1C. The van der Waals surface area contributed by atoms with Crippen molar-refractivity contribution >= 4 is 11.9 Å². The van der Waals surface area contributed by atoms with Gasteiger partial charge in [0.25, 0.3) is 5.91 Å². The summed E-state index contributed by atoms with van der Waals surface area (Å²) >= 11 is 0. The summed E-state index contributed by atoms with van der Waals surface area (Å²) < 4.78 is 21.6. The first kappa shape index (κ1) is 22.7. The average Bonchev–Trinajstić information content (AvgIpc) is 3.06. The van der Waals surface area contributed by atoms with Crippen LogP contribution in [0, 0.1) is 25.7 Å². The monoisotopic (exact) mass is 430 g/mol. The van der Waals surface area contributed by atoms with Crippen LogP contribution < -0.4 is 9.47 Å². The number of rotatable bonds is 7. The Morgan fingerprint density at radius 2 is 1.87 bits per heavy atom. The normalized spacial score (nSPS) is 18.5. The lowest BCUT2D eigenvalue weighted by Crippen LogP contribution is -2.44. The highest BCUT2D eigenvalue weighted by Crippen LogP contribution is 2.30. The maximum Gasteiger partial charge on any atom is 0.338 e. The van der Waals surface area contributed by atoms with Crippen molar-refractivity contribution in [3.63, 3.8) is 0 Å². The van der Waals surface area contributed by atoms with Crippen LogP contribution >= 0.6 is 0 Å². The summed E-state index contributed by atoms with van der Waals surface area (Å²) in [4.78, 5) is 26.7. The van der Waals surface area contributed by atoms with E-state index >= 15 is 0 Å². The molecule has 2 atom stereocenters. The van der Waals surface area contributed by atoms with E-state index in [9.17, 15) is 9.59 Å². The second-order valence-corrected chi connectivity index (χ2v) is 8.28. The van der Waals surface area contributed by atoms with Crippen molar-refractivity contribution in [3.05, 3.63) is 40.8 Å². The van der Waals surface area contributed by atoms with Gasteiger partial charge in [0.15, 0.2) is 18.1 Å². The van der Waals surface area contributed by atoms with Gasteiger partial charge in [-0.3, -0.25) is 4.79 Å². The summed E-state index contributed by atoms with van der Waals surface area (Å²) in [6, 6.07) is 4.77. The molecule has 31 heavy (non-hydrogen) atoms. The van der Waals surface area contributed by atoms with E-state index in [1.54, 1.807) is 23.1 Å². The number of hydrogen-bond donors (Lipinski definition) is 0. The molecule has 1 aliphatic heterocycles. The first-order chi connectivity index (χ1) is 14.8. The fraction of sp³-hybridized carbons (Fsp3) is 0.522. The topological polar surface area (TPSA) is 91.1 Å². The summed E-state index contributed by atoms with van der Waals surface area (Å²) in [6.45, 7) is 9.32. The van der Waals surface area contributed by atoms with Gasteiger partial charge in [-0.2, -0.15) is 0 Å². The van der Waals surface area contributed by atoms with Crippen LogP contribution in [0.4, 0.5) is 0 Å². The number of ether oxygens (including phenoxy) is 3. The molecular weight excluding hydrogens is 400 g/mol. The predicted molar refractivity (Wildman–Crippen MR) is 113 cm³/mol. The molecule has 3 rings (SSSR count). The lowest BCUT2D eigenvalue weighted by molar-refractivity contribution is -0.137. The van der Waals surface area contributed by atoms with Crippen LogP contribution in [0.1, 0.15) is 47.6 Å². The van der Waals surface area contributed by atoms with Gasteiger partial charge in [-0.1, -0.05) is 19.0 Å². The van der Waals surface area contributed by atoms with Crippen LogP contribution in [0.5, 0.6) is 11.5 Å². The van der Waals surface area contributed by atoms with Crippen molar-refractivity contribution < 1.29 is 28.3 Å². The molecule has 1 fully saturated rings. The van der Waals surface area contributed by atoms with E-state index in [-0.39, 0.29) is 24.7 Å². The van der Waals surface area contributed by atoms with Crippen molar-refractivity contribution in [2.75, 3.05) is 26.8 Å². The minimum atomic E-state index is -0.581. The number of carbonyl (C=O) groups excluding carboxylic acids is 2. The Hall–Kier alpha value is -3.03. The molecule has 2 aromatic rings. The van der Waals surface area contributed by atoms with Crippen LogP contribution in [0.3, 0.4) is 0 Å². The van der Waals surface area contributed by atoms with E-state index in [0.29, 0.717) is 42.2 Å². The zero-order chi connectivity index (χ0) is 22.5. The standard InChI is InChI=1S/C23H30N2O6/c1-14-8-15(2)11-25(10-14)22(26)13-30-23(27)18-6-7-20(21(9-18)28-5)29-12-19-16(3)24-31-17(19)4/h6-7,9,14-15H,8,10-13H2,1-5H3. The zero-order valence-corrected chi connectivity index (χ0v) is 18.8. The highest BCUT2D eigenvalue weighted by Gasteiger charge is 2.26. The van der Waals surface area contributed by atoms with Crippen LogP contribution in [0.15, 0.2) is 22.7 Å². The van der Waals surface area contributed by atoms with Gasteiger partial charge in [-0.05, 0) is 50.3 Å². The average molecular weight is 431 g/mol. The highest BCUT2D eigenvalue weighted by atomic mass is 16.5. The summed E-state index contributed by atoms with van der Waals surface area (Å²) in [5, 5.41) is 3.91. The van der Waals surface area contributed by atoms with E-state index in [1.165, 1.54) is 7.11 Å². The molecular formula is C23H30N2O6. The van der Waals surface area contributed by atoms with Gasteiger partial charge in [0.1, 0.15) is 12.4 Å². The lowest BCUT2D eigenvalue weighted by Gasteiger charge is -2.34. The van der Waals surface area contributed by atoms with E-state index in [4.69, 9.17) is 18.7 Å². The molecule has 0 radical (unpaired) electrons. The zero-order valence-electron chi connectivity index (χ0n) is 18.8. The molecule has 8 nitrogen and oxygen atoms in total. The van der Waals surface area contributed by atoms with Crippen molar-refractivity contribution in [2.45, 2.75) is 40.7 Å². The van der Waals surface area contributed by atoms with Gasteiger partial charge in [-0.15, -0.1) is 0 Å². The summed E-state index contributed by atoms with van der Waals surface area (Å²) in [7, 11) is 1.50. The second-order valence-electron chi connectivity index (χ2n) is 8.28. The molecule has 1 aliphatic rings. The molecule has 0 bridgehead atoms. The number of aryl methyl sites for hydroxylation is 2. The Morgan fingerprint density at radius 1 is 1.16 bits per heavy atom. The first-order valence-electron chi connectivity index (χ1n) is 10.5. The van der Waals surface area contributed by atoms with Gasteiger partial charge >= 0.3 is 5.97 Å². The van der Waals surface area contributed by atoms with E-state index in [0.717, 1.165) is 17.7 Å². The Balaban J connectivity index is 1.59. The van der Waals surface area contributed by atoms with Gasteiger partial charge < -0.3 is 23.6 Å². The lowest BCUT2D eigenvalue weighted by atomic mass is 9.92. The molecule has 1 saturated heterocycles. The third-order valence-electron chi connectivity index (χ3n) is 5.50. The van der Waals surface area contributed by atoms with Crippen molar-refractivity contribution in [1.82, 2.24) is 10.1 Å². The summed E-state index contributed by atoms with van der Waals surface area (Å²) in [5.41, 5.74) is 1.92. The number of esters is 1. The smallest absolute Gasteiger partial charge is 0.338 e. The van der Waals surface area contributed by atoms with Crippen LogP contribution in [-0.4, -0.2) is 48.7 Å². The van der Waals surface area contributed by atoms with Gasteiger partial charge in [0, 0.05) is 13.1 Å². The van der Waals surface area contributed by atoms with Crippen molar-refractivity contribution in [2.24, 2.45) is 11.8 Å².